The molecule has 0 N–H and O–H groups in total. The summed E-state index contributed by atoms with van der Waals surface area (Å²) in [6.45, 7) is 0.0203. The predicted octanol–water partition coefficient (Wildman–Crippen LogP) is 3.06. The zero-order valence-corrected chi connectivity index (χ0v) is 18.6. The summed E-state index contributed by atoms with van der Waals surface area (Å²) in [6.07, 6.45) is 2.30. The van der Waals surface area contributed by atoms with Gasteiger partial charge < -0.3 is 14.2 Å². The van der Waals surface area contributed by atoms with Gasteiger partial charge in [0, 0.05) is 18.7 Å². The number of hydrogen-bond acceptors (Lipinski definition) is 7. The summed E-state index contributed by atoms with van der Waals surface area (Å²) >= 11 is 0. The van der Waals surface area contributed by atoms with E-state index in [0.717, 1.165) is 24.6 Å². The summed E-state index contributed by atoms with van der Waals surface area (Å²) in [5, 5.41) is 0. The maximum Gasteiger partial charge on any atom is 0.338 e. The highest BCUT2D eigenvalue weighted by atomic mass is 32.2. The molecule has 8 nitrogen and oxygen atoms in total. The van der Waals surface area contributed by atoms with E-state index < -0.39 is 39.1 Å². The maximum absolute atomic E-state index is 14.3. The van der Waals surface area contributed by atoms with Crippen LogP contribution in [-0.4, -0.2) is 58.4 Å². The van der Waals surface area contributed by atoms with Gasteiger partial charge in [-0.2, -0.15) is 4.31 Å². The highest BCUT2D eigenvalue weighted by Gasteiger charge is 2.29. The van der Waals surface area contributed by atoms with Gasteiger partial charge in [0.25, 0.3) is 0 Å². The standard InChI is InChI=1S/C22H24FNO7S/c1-29-19-9-7-15(12-20(19)30-2)18(25)14-31-22(26)16-6-8-17(23)21(13-16)32(27,28)24-10-4-3-5-11-24/h6-9,12-13H,3-5,10-11,14H2,1-2H3. The third kappa shape index (κ3) is 5.08. The fourth-order valence-electron chi connectivity index (χ4n) is 3.38. The van der Waals surface area contributed by atoms with Gasteiger partial charge in [0.2, 0.25) is 10.0 Å². The van der Waals surface area contributed by atoms with Crippen LogP contribution < -0.4 is 9.47 Å². The molecular weight excluding hydrogens is 441 g/mol. The molecule has 1 aliphatic rings. The molecule has 0 amide bonds. The van der Waals surface area contributed by atoms with E-state index in [-0.39, 0.29) is 11.1 Å². The van der Waals surface area contributed by atoms with E-state index in [4.69, 9.17) is 14.2 Å². The molecule has 0 unspecified atom stereocenters. The van der Waals surface area contributed by atoms with E-state index in [1.165, 1.54) is 30.7 Å². The zero-order valence-electron chi connectivity index (χ0n) is 17.8. The van der Waals surface area contributed by atoms with Gasteiger partial charge in [-0.1, -0.05) is 6.42 Å². The van der Waals surface area contributed by atoms with Gasteiger partial charge >= 0.3 is 5.97 Å². The van der Waals surface area contributed by atoms with Crippen molar-refractivity contribution >= 4 is 21.8 Å². The molecule has 2 aromatic rings. The lowest BCUT2D eigenvalue weighted by molar-refractivity contribution is 0.0474. The van der Waals surface area contributed by atoms with Crippen molar-refractivity contribution in [1.29, 1.82) is 0 Å². The Labute approximate surface area is 185 Å². The van der Waals surface area contributed by atoms with Crippen molar-refractivity contribution in [1.82, 2.24) is 4.31 Å². The van der Waals surface area contributed by atoms with E-state index in [1.54, 1.807) is 6.07 Å². The second-order valence-corrected chi connectivity index (χ2v) is 9.09. The number of piperidine rings is 1. The summed E-state index contributed by atoms with van der Waals surface area (Å²) in [5.74, 6) is -1.60. The molecular formula is C22H24FNO7S. The highest BCUT2D eigenvalue weighted by molar-refractivity contribution is 7.89. The quantitative estimate of drug-likeness (QED) is 0.436. The Morgan fingerprint density at radius 3 is 2.25 bits per heavy atom. The van der Waals surface area contributed by atoms with Crippen LogP contribution in [-0.2, 0) is 14.8 Å². The molecule has 10 heteroatoms. The van der Waals surface area contributed by atoms with Crippen molar-refractivity contribution < 1.29 is 36.6 Å². The molecule has 1 aliphatic heterocycles. The van der Waals surface area contributed by atoms with Crippen LogP contribution in [0, 0.1) is 5.82 Å². The number of esters is 1. The number of benzene rings is 2. The molecule has 32 heavy (non-hydrogen) atoms. The Bertz CT molecular complexity index is 1110. The van der Waals surface area contributed by atoms with Gasteiger partial charge in [-0.05, 0) is 49.2 Å². The first-order valence-corrected chi connectivity index (χ1v) is 11.4. The minimum atomic E-state index is -4.08. The third-order valence-electron chi connectivity index (χ3n) is 5.14. The number of carbonyl (C=O) groups is 2. The fraction of sp³-hybridized carbons (Fsp3) is 0.364. The average molecular weight is 465 g/mol. The summed E-state index contributed by atoms with van der Waals surface area (Å²) in [7, 11) is -1.19. The molecule has 0 aliphatic carbocycles. The topological polar surface area (TPSA) is 99.2 Å². The average Bonchev–Trinajstić information content (AvgIpc) is 2.82. The van der Waals surface area contributed by atoms with Crippen LogP contribution in [0.25, 0.3) is 0 Å². The molecule has 0 saturated carbocycles. The smallest absolute Gasteiger partial charge is 0.338 e. The van der Waals surface area contributed by atoms with Crippen LogP contribution in [0.4, 0.5) is 4.39 Å². The summed E-state index contributed by atoms with van der Waals surface area (Å²) in [6, 6.07) is 7.47. The predicted molar refractivity (Wildman–Crippen MR) is 113 cm³/mol. The monoisotopic (exact) mass is 465 g/mol. The number of sulfonamides is 1. The van der Waals surface area contributed by atoms with Gasteiger partial charge in [0.1, 0.15) is 10.7 Å². The van der Waals surface area contributed by atoms with Crippen LogP contribution in [0.1, 0.15) is 40.0 Å². The molecule has 0 bridgehead atoms. The van der Waals surface area contributed by atoms with Gasteiger partial charge in [0.15, 0.2) is 23.9 Å². The van der Waals surface area contributed by atoms with Crippen LogP contribution in [0.3, 0.4) is 0 Å². The van der Waals surface area contributed by atoms with Crippen molar-refractivity contribution in [3.05, 3.63) is 53.3 Å². The second-order valence-electron chi connectivity index (χ2n) is 7.18. The first-order valence-electron chi connectivity index (χ1n) is 10.00. The van der Waals surface area contributed by atoms with Crippen molar-refractivity contribution in [3.8, 4) is 11.5 Å². The van der Waals surface area contributed by atoms with E-state index in [9.17, 15) is 22.4 Å². The molecule has 1 heterocycles. The molecule has 0 spiro atoms. The minimum Gasteiger partial charge on any atom is -0.493 e. The molecule has 1 saturated heterocycles. The largest absolute Gasteiger partial charge is 0.493 e. The van der Waals surface area contributed by atoms with Gasteiger partial charge in [-0.3, -0.25) is 4.79 Å². The Kier molecular flexibility index (Phi) is 7.47. The molecule has 2 aromatic carbocycles. The molecule has 1 fully saturated rings. The number of ether oxygens (including phenoxy) is 3. The van der Waals surface area contributed by atoms with Crippen molar-refractivity contribution in [2.24, 2.45) is 0 Å². The Balaban J connectivity index is 1.73. The van der Waals surface area contributed by atoms with Crippen LogP contribution in [0.15, 0.2) is 41.3 Å². The Hall–Kier alpha value is -2.98. The Morgan fingerprint density at radius 1 is 0.938 bits per heavy atom. The maximum atomic E-state index is 14.3. The number of nitrogens with zero attached hydrogens (tertiary/aromatic N) is 1. The molecule has 3 rings (SSSR count). The number of methoxy groups -OCH3 is 2. The number of ketones is 1. The van der Waals surface area contributed by atoms with E-state index in [1.807, 2.05) is 0 Å². The van der Waals surface area contributed by atoms with Gasteiger partial charge in [-0.15, -0.1) is 0 Å². The minimum absolute atomic E-state index is 0.165. The lowest BCUT2D eigenvalue weighted by atomic mass is 10.1. The number of hydrogen-bond donors (Lipinski definition) is 0. The lowest BCUT2D eigenvalue weighted by Gasteiger charge is -2.26. The first kappa shape index (κ1) is 23.7. The normalized spacial score (nSPS) is 14.6. The van der Waals surface area contributed by atoms with E-state index in [0.29, 0.717) is 37.4 Å². The van der Waals surface area contributed by atoms with E-state index >= 15 is 0 Å². The zero-order chi connectivity index (χ0) is 23.3. The molecule has 172 valence electrons. The third-order valence-corrected chi connectivity index (χ3v) is 7.05. The number of halogens is 1. The summed E-state index contributed by atoms with van der Waals surface area (Å²) < 4.78 is 56.4. The Morgan fingerprint density at radius 2 is 1.59 bits per heavy atom. The molecule has 0 radical (unpaired) electrons. The lowest BCUT2D eigenvalue weighted by Crippen LogP contribution is -2.36. The first-order chi connectivity index (χ1) is 15.3. The van der Waals surface area contributed by atoms with Crippen molar-refractivity contribution in [2.45, 2.75) is 24.2 Å². The van der Waals surface area contributed by atoms with Gasteiger partial charge in [-0.25, -0.2) is 17.6 Å². The second kappa shape index (κ2) is 10.1. The number of Topliss-reactive ketones (excluding diaryl/α,β-unsaturated/α-hetero) is 1. The SMILES string of the molecule is COc1ccc(C(=O)COC(=O)c2ccc(F)c(S(=O)(=O)N3CCCCC3)c2)cc1OC. The molecule has 0 aromatic heterocycles. The highest BCUT2D eigenvalue weighted by Crippen LogP contribution is 2.28. The number of rotatable bonds is 8. The van der Waals surface area contributed by atoms with Crippen molar-refractivity contribution in [3.63, 3.8) is 0 Å². The summed E-state index contributed by atoms with van der Waals surface area (Å²) in [4.78, 5) is 24.2. The van der Waals surface area contributed by atoms with Crippen LogP contribution in [0.2, 0.25) is 0 Å². The number of carbonyl (C=O) groups excluding carboxylic acids is 2. The van der Waals surface area contributed by atoms with Crippen molar-refractivity contribution in [2.75, 3.05) is 33.9 Å². The molecule has 0 atom stereocenters. The van der Waals surface area contributed by atoms with Crippen LogP contribution >= 0.6 is 0 Å². The van der Waals surface area contributed by atoms with Crippen LogP contribution in [0.5, 0.6) is 11.5 Å². The summed E-state index contributed by atoms with van der Waals surface area (Å²) in [5.41, 5.74) is 0.0741. The van der Waals surface area contributed by atoms with E-state index in [2.05, 4.69) is 0 Å². The van der Waals surface area contributed by atoms with Gasteiger partial charge in [0.05, 0.1) is 19.8 Å². The fourth-order valence-corrected chi connectivity index (χ4v) is 4.99.